The van der Waals surface area contributed by atoms with E-state index in [4.69, 9.17) is 14.1 Å². The van der Waals surface area contributed by atoms with Gasteiger partial charge < -0.3 is 9.15 Å². The first-order valence-corrected chi connectivity index (χ1v) is 14.9. The molecular formula is C33H24BrFN2O4S. The molecule has 9 heteroatoms. The second-order valence-electron chi connectivity index (χ2n) is 9.67. The van der Waals surface area contributed by atoms with E-state index >= 15 is 0 Å². The first-order valence-electron chi connectivity index (χ1n) is 13.2. The highest BCUT2D eigenvalue weighted by Gasteiger charge is 2.35. The number of hydrogen-bond acceptors (Lipinski definition) is 6. The molecule has 0 radical (unpaired) electrons. The van der Waals surface area contributed by atoms with Crippen LogP contribution >= 0.6 is 27.3 Å². The molecule has 0 fully saturated rings. The molecular weight excluding hydrogens is 619 g/mol. The number of ether oxygens (including phenoxy) is 1. The summed E-state index contributed by atoms with van der Waals surface area (Å²) in [5, 5.41) is 0. The van der Waals surface area contributed by atoms with Gasteiger partial charge in [0, 0.05) is 21.7 Å². The lowest BCUT2D eigenvalue weighted by Crippen LogP contribution is -2.40. The van der Waals surface area contributed by atoms with Crippen LogP contribution in [0.1, 0.15) is 35.4 Å². The molecule has 3 aromatic carbocycles. The second-order valence-corrected chi connectivity index (χ2v) is 11.5. The summed E-state index contributed by atoms with van der Waals surface area (Å²) in [5.41, 5.74) is 3.52. The molecule has 1 aliphatic heterocycles. The highest BCUT2D eigenvalue weighted by Crippen LogP contribution is 2.35. The minimum Gasteiger partial charge on any atom is -0.463 e. The fraction of sp³-hybridized carbons (Fsp3) is 0.121. The van der Waals surface area contributed by atoms with Crippen LogP contribution in [0.25, 0.3) is 23.1 Å². The maximum atomic E-state index is 14.0. The Kier molecular flexibility index (Phi) is 7.62. The van der Waals surface area contributed by atoms with Gasteiger partial charge in [-0.2, -0.15) is 0 Å². The summed E-state index contributed by atoms with van der Waals surface area (Å²) in [6.07, 6.45) is 1.67. The predicted molar refractivity (Wildman–Crippen MR) is 164 cm³/mol. The standard InChI is InChI=1S/C33H24BrFN2O4S/c1-3-40-32(39)28-29(20-7-5-4-6-8-20)36-33-37(30(28)21-10-12-22(35)13-11-21)31(38)27(42-33)18-23-14-16-26(41-23)24-15-9-19(2)17-25(24)34/h4-18,30H,3H2,1-2H3/b27-18-/t30-/m1/s1. The molecule has 42 heavy (non-hydrogen) atoms. The van der Waals surface area contributed by atoms with Gasteiger partial charge in [-0.3, -0.25) is 9.36 Å². The number of esters is 1. The molecule has 0 aliphatic carbocycles. The predicted octanol–water partition coefficient (Wildman–Crippen LogP) is 6.41. The fourth-order valence-corrected chi connectivity index (χ4v) is 6.59. The SMILES string of the molecule is CCOC(=O)C1=C(c2ccccc2)N=c2s/c(=C\c3ccc(-c4ccc(C)cc4Br)o3)c(=O)n2[C@@H]1c1ccc(F)cc1. The van der Waals surface area contributed by atoms with E-state index in [9.17, 15) is 14.0 Å². The molecule has 6 rings (SSSR count). The van der Waals surface area contributed by atoms with E-state index in [1.807, 2.05) is 61.5 Å². The Morgan fingerprint density at radius 2 is 1.86 bits per heavy atom. The third-order valence-electron chi connectivity index (χ3n) is 6.85. The minimum absolute atomic E-state index is 0.142. The molecule has 5 aromatic rings. The fourth-order valence-electron chi connectivity index (χ4n) is 4.93. The Labute approximate surface area is 252 Å². The van der Waals surface area contributed by atoms with Gasteiger partial charge in [-0.15, -0.1) is 0 Å². The van der Waals surface area contributed by atoms with Crippen LogP contribution in [0.15, 0.2) is 109 Å². The van der Waals surface area contributed by atoms with Crippen LogP contribution in [0, 0.1) is 12.7 Å². The van der Waals surface area contributed by atoms with Crippen molar-refractivity contribution < 1.29 is 18.3 Å². The Bertz CT molecular complexity index is 2020. The first kappa shape index (κ1) is 27.8. The lowest BCUT2D eigenvalue weighted by atomic mass is 9.93. The number of fused-ring (bicyclic) bond motifs is 1. The van der Waals surface area contributed by atoms with Crippen LogP contribution in [0.3, 0.4) is 0 Å². The van der Waals surface area contributed by atoms with Gasteiger partial charge >= 0.3 is 5.97 Å². The van der Waals surface area contributed by atoms with Gasteiger partial charge in [0.25, 0.3) is 5.56 Å². The molecule has 0 bridgehead atoms. The molecule has 0 saturated carbocycles. The molecule has 1 aliphatic rings. The number of aryl methyl sites for hydroxylation is 1. The van der Waals surface area contributed by atoms with E-state index in [0.29, 0.717) is 37.7 Å². The largest absolute Gasteiger partial charge is 0.463 e. The van der Waals surface area contributed by atoms with Gasteiger partial charge in [0.2, 0.25) is 0 Å². The van der Waals surface area contributed by atoms with Crippen molar-refractivity contribution >= 4 is 45.0 Å². The molecule has 210 valence electrons. The maximum absolute atomic E-state index is 14.0. The summed E-state index contributed by atoms with van der Waals surface area (Å²) in [6.45, 7) is 3.87. The zero-order valence-corrected chi connectivity index (χ0v) is 25.0. The van der Waals surface area contributed by atoms with E-state index in [0.717, 1.165) is 15.6 Å². The van der Waals surface area contributed by atoms with E-state index in [1.165, 1.54) is 28.0 Å². The van der Waals surface area contributed by atoms with Crippen molar-refractivity contribution in [3.63, 3.8) is 0 Å². The van der Waals surface area contributed by atoms with E-state index in [2.05, 4.69) is 15.9 Å². The van der Waals surface area contributed by atoms with Gasteiger partial charge in [0.1, 0.15) is 17.3 Å². The number of halogens is 2. The van der Waals surface area contributed by atoms with Crippen molar-refractivity contribution in [2.75, 3.05) is 6.61 Å². The number of nitrogens with zero attached hydrogens (tertiary/aromatic N) is 2. The summed E-state index contributed by atoms with van der Waals surface area (Å²) < 4.78 is 28.3. The average Bonchev–Trinajstić information content (AvgIpc) is 3.57. The van der Waals surface area contributed by atoms with Crippen LogP contribution in [0.5, 0.6) is 0 Å². The summed E-state index contributed by atoms with van der Waals surface area (Å²) >= 11 is 4.79. The van der Waals surface area contributed by atoms with Gasteiger partial charge in [-0.05, 0) is 61.4 Å². The molecule has 3 heterocycles. The monoisotopic (exact) mass is 642 g/mol. The zero-order valence-electron chi connectivity index (χ0n) is 22.6. The summed E-state index contributed by atoms with van der Waals surface area (Å²) in [4.78, 5) is 32.7. The first-order chi connectivity index (χ1) is 20.3. The summed E-state index contributed by atoms with van der Waals surface area (Å²) in [6, 6.07) is 23.8. The van der Waals surface area contributed by atoms with Gasteiger partial charge in [-0.25, -0.2) is 14.2 Å². The quantitative estimate of drug-likeness (QED) is 0.201. The third kappa shape index (κ3) is 5.21. The summed E-state index contributed by atoms with van der Waals surface area (Å²) in [7, 11) is 0. The van der Waals surface area contributed by atoms with Crippen molar-refractivity contribution in [2.24, 2.45) is 4.99 Å². The molecule has 1 atom stereocenters. The molecule has 0 saturated heterocycles. The van der Waals surface area contributed by atoms with Crippen LogP contribution in [0.2, 0.25) is 0 Å². The third-order valence-corrected chi connectivity index (χ3v) is 8.49. The maximum Gasteiger partial charge on any atom is 0.338 e. The number of hydrogen-bond donors (Lipinski definition) is 0. The van der Waals surface area contributed by atoms with Gasteiger partial charge in [0.15, 0.2) is 4.80 Å². The Morgan fingerprint density at radius 1 is 1.10 bits per heavy atom. The number of carbonyl (C=O) groups excluding carboxylic acids is 1. The Hall–Kier alpha value is -4.34. The number of furan rings is 1. The van der Waals surface area contributed by atoms with E-state index in [1.54, 1.807) is 31.2 Å². The van der Waals surface area contributed by atoms with Crippen LogP contribution in [-0.4, -0.2) is 17.1 Å². The van der Waals surface area contributed by atoms with Gasteiger partial charge in [0.05, 0.1) is 28.5 Å². The average molecular weight is 644 g/mol. The minimum atomic E-state index is -0.881. The van der Waals surface area contributed by atoms with Crippen molar-refractivity contribution in [3.05, 3.63) is 143 Å². The van der Waals surface area contributed by atoms with Crippen LogP contribution < -0.4 is 14.9 Å². The Morgan fingerprint density at radius 3 is 2.57 bits per heavy atom. The zero-order chi connectivity index (χ0) is 29.4. The van der Waals surface area contributed by atoms with Gasteiger partial charge in [-0.1, -0.05) is 75.8 Å². The number of aromatic nitrogens is 1. The molecule has 0 N–H and O–H groups in total. The number of benzene rings is 3. The number of rotatable bonds is 6. The lowest BCUT2D eigenvalue weighted by Gasteiger charge is -2.25. The van der Waals surface area contributed by atoms with Crippen molar-refractivity contribution in [2.45, 2.75) is 19.9 Å². The topological polar surface area (TPSA) is 73.8 Å². The second kappa shape index (κ2) is 11.5. The van der Waals surface area contributed by atoms with E-state index in [-0.39, 0.29) is 17.7 Å². The Balaban J connectivity index is 1.55. The molecule has 0 unspecified atom stereocenters. The van der Waals surface area contributed by atoms with Crippen LogP contribution in [0.4, 0.5) is 4.39 Å². The molecule has 6 nitrogen and oxygen atoms in total. The number of carbonyl (C=O) groups is 1. The molecule has 2 aromatic heterocycles. The van der Waals surface area contributed by atoms with E-state index < -0.39 is 17.8 Å². The number of thiazole rings is 1. The van der Waals surface area contributed by atoms with Crippen LogP contribution in [-0.2, 0) is 9.53 Å². The van der Waals surface area contributed by atoms with Crippen molar-refractivity contribution in [3.8, 4) is 11.3 Å². The molecule has 0 spiro atoms. The normalized spacial score (nSPS) is 15.0. The highest BCUT2D eigenvalue weighted by molar-refractivity contribution is 9.10. The highest BCUT2D eigenvalue weighted by atomic mass is 79.9. The lowest BCUT2D eigenvalue weighted by molar-refractivity contribution is -0.138. The molecule has 0 amide bonds. The summed E-state index contributed by atoms with van der Waals surface area (Å²) in [5.74, 6) is 0.128. The smallest absolute Gasteiger partial charge is 0.338 e. The van der Waals surface area contributed by atoms with Crippen molar-refractivity contribution in [1.82, 2.24) is 4.57 Å². The van der Waals surface area contributed by atoms with Crippen molar-refractivity contribution in [1.29, 1.82) is 0 Å².